The number of hydrogen-bond donors (Lipinski definition) is 1. The zero-order valence-corrected chi connectivity index (χ0v) is 13.2. The second-order valence-corrected chi connectivity index (χ2v) is 7.37. The smallest absolute Gasteiger partial charge is 0.148 e. The van der Waals surface area contributed by atoms with E-state index in [0.29, 0.717) is 18.3 Å². The average molecular weight is 305 g/mol. The maximum Gasteiger partial charge on any atom is 0.148 e. The van der Waals surface area contributed by atoms with Gasteiger partial charge in [-0.2, -0.15) is 0 Å². The summed E-state index contributed by atoms with van der Waals surface area (Å²) in [5, 5.41) is 11.3. The van der Waals surface area contributed by atoms with E-state index in [0.717, 1.165) is 19.4 Å². The maximum absolute atomic E-state index is 11.3. The molecule has 2 unspecified atom stereocenters. The van der Waals surface area contributed by atoms with Crippen LogP contribution in [-0.4, -0.2) is 42.4 Å². The molecule has 122 valence electrons. The van der Waals surface area contributed by atoms with Gasteiger partial charge in [-0.15, -0.1) is 0 Å². The summed E-state index contributed by atoms with van der Waals surface area (Å²) in [7, 11) is 0. The molecule has 22 heavy (non-hydrogen) atoms. The Morgan fingerprint density at radius 2 is 2.00 bits per heavy atom. The fraction of sp³-hybridized carbons (Fsp3) is 0.778. The zero-order valence-electron chi connectivity index (χ0n) is 13.2. The van der Waals surface area contributed by atoms with Crippen LogP contribution in [0, 0.1) is 11.8 Å². The Balaban J connectivity index is 1.47. The Labute approximate surface area is 132 Å². The number of nitrogens with zero attached hydrogens (tertiary/aromatic N) is 1. The molecule has 5 rings (SSSR count). The molecule has 0 radical (unpaired) electrons. The molecule has 0 aromatic carbocycles. The van der Waals surface area contributed by atoms with Gasteiger partial charge >= 0.3 is 0 Å². The van der Waals surface area contributed by atoms with Gasteiger partial charge in [0, 0.05) is 6.54 Å². The van der Waals surface area contributed by atoms with Crippen LogP contribution in [0.4, 0.5) is 0 Å². The van der Waals surface area contributed by atoms with Crippen molar-refractivity contribution in [2.45, 2.75) is 50.2 Å². The number of furan rings is 1. The van der Waals surface area contributed by atoms with Crippen LogP contribution < -0.4 is 0 Å². The molecular weight excluding hydrogens is 278 g/mol. The minimum Gasteiger partial charge on any atom is -0.466 e. The van der Waals surface area contributed by atoms with Gasteiger partial charge in [-0.3, -0.25) is 0 Å². The second kappa shape index (κ2) is 5.99. The Hall–Kier alpha value is -0.840. The van der Waals surface area contributed by atoms with Crippen molar-refractivity contribution < 1.29 is 14.3 Å². The molecule has 1 N–H and O–H groups in total. The van der Waals surface area contributed by atoms with Gasteiger partial charge in [-0.25, -0.2) is 0 Å². The fourth-order valence-corrected chi connectivity index (χ4v) is 4.65. The lowest BCUT2D eigenvalue weighted by molar-refractivity contribution is -0.150. The van der Waals surface area contributed by atoms with Crippen molar-refractivity contribution in [2.75, 3.05) is 26.2 Å². The van der Waals surface area contributed by atoms with Crippen molar-refractivity contribution >= 4 is 0 Å². The van der Waals surface area contributed by atoms with Gasteiger partial charge in [0.1, 0.15) is 11.4 Å². The summed E-state index contributed by atoms with van der Waals surface area (Å²) in [4.78, 5) is 2.49. The predicted octanol–water partition coefficient (Wildman–Crippen LogP) is 2.77. The average Bonchev–Trinajstić information content (AvgIpc) is 3.27. The third kappa shape index (κ3) is 2.61. The molecular formula is C18H27NO3. The van der Waals surface area contributed by atoms with E-state index in [-0.39, 0.29) is 12.0 Å². The topological polar surface area (TPSA) is 45.8 Å². The van der Waals surface area contributed by atoms with E-state index in [4.69, 9.17) is 9.15 Å². The van der Waals surface area contributed by atoms with E-state index < -0.39 is 5.60 Å². The number of aliphatic hydroxyl groups is 1. The summed E-state index contributed by atoms with van der Waals surface area (Å²) in [5.74, 6) is 1.62. The first-order valence-corrected chi connectivity index (χ1v) is 8.86. The number of hydrogen-bond acceptors (Lipinski definition) is 4. The van der Waals surface area contributed by atoms with Gasteiger partial charge in [-0.05, 0) is 62.7 Å². The highest BCUT2D eigenvalue weighted by Gasteiger charge is 2.44. The Morgan fingerprint density at radius 1 is 1.23 bits per heavy atom. The van der Waals surface area contributed by atoms with Crippen LogP contribution >= 0.6 is 0 Å². The van der Waals surface area contributed by atoms with Crippen LogP contribution in [0.5, 0.6) is 0 Å². The van der Waals surface area contributed by atoms with Crippen LogP contribution in [0.2, 0.25) is 0 Å². The molecule has 2 atom stereocenters. The standard InChI is InChI=1S/C18H27NO3/c20-18(15-4-1-2-5-15,17-6-3-11-21-17)13-22-16-12-19-9-7-14(16)8-10-19/h3,6,11,14-16,20H,1-2,4-5,7-10,12-13H2. The minimum absolute atomic E-state index is 0.264. The van der Waals surface area contributed by atoms with Crippen LogP contribution in [0.1, 0.15) is 44.3 Å². The Bertz CT molecular complexity index is 475. The van der Waals surface area contributed by atoms with E-state index in [1.807, 2.05) is 12.1 Å². The molecule has 1 saturated carbocycles. The highest BCUT2D eigenvalue weighted by Crippen LogP contribution is 2.42. The highest BCUT2D eigenvalue weighted by atomic mass is 16.5. The molecule has 3 saturated heterocycles. The van der Waals surface area contributed by atoms with E-state index in [2.05, 4.69) is 4.90 Å². The summed E-state index contributed by atoms with van der Waals surface area (Å²) in [6.07, 6.45) is 8.97. The van der Waals surface area contributed by atoms with Crippen molar-refractivity contribution in [3.8, 4) is 0 Å². The summed E-state index contributed by atoms with van der Waals surface area (Å²) in [6, 6.07) is 3.77. The lowest BCUT2D eigenvalue weighted by atomic mass is 9.83. The number of rotatable bonds is 5. The summed E-state index contributed by atoms with van der Waals surface area (Å²) in [6.45, 7) is 3.84. The molecule has 4 fully saturated rings. The van der Waals surface area contributed by atoms with Crippen molar-refractivity contribution in [3.63, 3.8) is 0 Å². The van der Waals surface area contributed by atoms with Gasteiger partial charge in [0.2, 0.25) is 0 Å². The van der Waals surface area contributed by atoms with Crippen LogP contribution in [0.15, 0.2) is 22.8 Å². The normalized spacial score (nSPS) is 34.9. The van der Waals surface area contributed by atoms with E-state index in [1.165, 1.54) is 38.8 Å². The van der Waals surface area contributed by atoms with Gasteiger partial charge in [0.05, 0.1) is 19.0 Å². The fourth-order valence-electron chi connectivity index (χ4n) is 4.65. The monoisotopic (exact) mass is 305 g/mol. The van der Waals surface area contributed by atoms with Crippen LogP contribution in [0.25, 0.3) is 0 Å². The molecule has 0 spiro atoms. The quantitative estimate of drug-likeness (QED) is 0.908. The first-order chi connectivity index (χ1) is 10.8. The third-order valence-electron chi connectivity index (χ3n) is 6.09. The molecule has 4 nitrogen and oxygen atoms in total. The summed E-state index contributed by atoms with van der Waals surface area (Å²) in [5.41, 5.74) is -0.952. The van der Waals surface area contributed by atoms with Gasteiger partial charge in [0.25, 0.3) is 0 Å². The molecule has 4 aliphatic rings. The number of fused-ring (bicyclic) bond motifs is 3. The predicted molar refractivity (Wildman–Crippen MR) is 83.5 cm³/mol. The zero-order chi connectivity index (χ0) is 15.0. The Morgan fingerprint density at radius 3 is 2.59 bits per heavy atom. The molecule has 1 aromatic heterocycles. The van der Waals surface area contributed by atoms with Crippen molar-refractivity contribution in [1.82, 2.24) is 4.90 Å². The maximum atomic E-state index is 11.3. The van der Waals surface area contributed by atoms with Gasteiger partial charge < -0.3 is 19.2 Å². The second-order valence-electron chi connectivity index (χ2n) is 7.37. The first kappa shape index (κ1) is 14.7. The van der Waals surface area contributed by atoms with Crippen LogP contribution in [-0.2, 0) is 10.3 Å². The van der Waals surface area contributed by atoms with E-state index in [1.54, 1.807) is 6.26 Å². The van der Waals surface area contributed by atoms with E-state index >= 15 is 0 Å². The third-order valence-corrected chi connectivity index (χ3v) is 6.09. The molecule has 1 aliphatic carbocycles. The molecule has 4 heterocycles. The molecule has 4 heteroatoms. The van der Waals surface area contributed by atoms with Crippen LogP contribution in [0.3, 0.4) is 0 Å². The first-order valence-electron chi connectivity index (χ1n) is 8.86. The number of piperidine rings is 3. The lowest BCUT2D eigenvalue weighted by Gasteiger charge is -2.45. The minimum atomic E-state index is -0.952. The van der Waals surface area contributed by atoms with Crippen molar-refractivity contribution in [1.29, 1.82) is 0 Å². The molecule has 0 amide bonds. The largest absolute Gasteiger partial charge is 0.466 e. The van der Waals surface area contributed by atoms with Crippen molar-refractivity contribution in [3.05, 3.63) is 24.2 Å². The molecule has 2 bridgehead atoms. The summed E-state index contributed by atoms with van der Waals surface area (Å²) < 4.78 is 11.8. The summed E-state index contributed by atoms with van der Waals surface area (Å²) >= 11 is 0. The SMILES string of the molecule is OC(COC1CN2CCC1CC2)(c1ccco1)C1CCCC1. The lowest BCUT2D eigenvalue weighted by Crippen LogP contribution is -2.52. The molecule has 3 aliphatic heterocycles. The van der Waals surface area contributed by atoms with E-state index in [9.17, 15) is 5.11 Å². The highest BCUT2D eigenvalue weighted by molar-refractivity contribution is 5.12. The van der Waals surface area contributed by atoms with Gasteiger partial charge in [-0.1, -0.05) is 12.8 Å². The number of ether oxygens (including phenoxy) is 1. The molecule has 1 aromatic rings. The Kier molecular flexibility index (Phi) is 4.01. The van der Waals surface area contributed by atoms with Crippen molar-refractivity contribution in [2.24, 2.45) is 11.8 Å². The van der Waals surface area contributed by atoms with Gasteiger partial charge in [0.15, 0.2) is 0 Å².